The number of amidine groups is 1. The minimum absolute atomic E-state index is 0.0457. The van der Waals surface area contributed by atoms with E-state index in [-0.39, 0.29) is 17.2 Å². The van der Waals surface area contributed by atoms with E-state index in [9.17, 15) is 18.8 Å². The highest BCUT2D eigenvalue weighted by molar-refractivity contribution is 6.31. The Bertz CT molecular complexity index is 1800. The number of fused-ring (bicyclic) bond motifs is 1. The van der Waals surface area contributed by atoms with Gasteiger partial charge in [0.2, 0.25) is 5.95 Å². The van der Waals surface area contributed by atoms with Crippen molar-refractivity contribution in [2.24, 2.45) is 10.8 Å². The lowest BCUT2D eigenvalue weighted by Gasteiger charge is -2.19. The van der Waals surface area contributed by atoms with E-state index in [4.69, 9.17) is 22.1 Å². The molecule has 0 saturated carbocycles. The van der Waals surface area contributed by atoms with Crippen LogP contribution in [0.5, 0.6) is 0 Å². The molecule has 14 nitrogen and oxygen atoms in total. The SMILES string of the molecule is CC(C)(C)OC(=O)Nc1ccc(C(=O)N/N=C(\N)[C@@H]2CCc3cc(-c4cc(Cl)ccc4-n4cnnn4)cc(=O)n32)c(F)n1. The summed E-state index contributed by atoms with van der Waals surface area (Å²) >= 11 is 6.25. The molecule has 0 bridgehead atoms. The predicted molar refractivity (Wildman–Crippen MR) is 154 cm³/mol. The molecule has 222 valence electrons. The maximum Gasteiger partial charge on any atom is 0.413 e. The zero-order valence-corrected chi connectivity index (χ0v) is 24.0. The summed E-state index contributed by atoms with van der Waals surface area (Å²) in [6.45, 7) is 5.02. The summed E-state index contributed by atoms with van der Waals surface area (Å²) in [4.78, 5) is 41.4. The fourth-order valence-corrected chi connectivity index (χ4v) is 4.75. The van der Waals surface area contributed by atoms with Crippen molar-refractivity contribution in [1.29, 1.82) is 0 Å². The molecule has 5 rings (SSSR count). The number of carbonyl (C=O) groups is 2. The molecule has 2 amide bonds. The van der Waals surface area contributed by atoms with E-state index < -0.39 is 35.2 Å². The third kappa shape index (κ3) is 6.51. The number of hydrazone groups is 1. The molecule has 4 heterocycles. The second-order valence-electron chi connectivity index (χ2n) is 10.6. The third-order valence-corrected chi connectivity index (χ3v) is 6.58. The number of tetrazole rings is 1. The van der Waals surface area contributed by atoms with Gasteiger partial charge in [-0.05, 0) is 86.0 Å². The molecule has 1 aliphatic rings. The number of halogens is 2. The molecule has 1 atom stereocenters. The average molecular weight is 609 g/mol. The van der Waals surface area contributed by atoms with Gasteiger partial charge >= 0.3 is 6.09 Å². The Morgan fingerprint density at radius 1 is 1.19 bits per heavy atom. The molecule has 4 aromatic rings. The van der Waals surface area contributed by atoms with Crippen LogP contribution in [0, 0.1) is 5.95 Å². The van der Waals surface area contributed by atoms with E-state index in [2.05, 4.69) is 36.4 Å². The van der Waals surface area contributed by atoms with Crippen LogP contribution in [0.4, 0.5) is 15.0 Å². The molecule has 1 aromatic carbocycles. The molecule has 0 fully saturated rings. The Morgan fingerprint density at radius 2 is 1.98 bits per heavy atom. The van der Waals surface area contributed by atoms with Crippen LogP contribution in [-0.2, 0) is 11.2 Å². The molecule has 16 heteroatoms. The highest BCUT2D eigenvalue weighted by Crippen LogP contribution is 2.32. The number of benzene rings is 1. The maximum atomic E-state index is 14.6. The van der Waals surface area contributed by atoms with Crippen molar-refractivity contribution < 1.29 is 18.7 Å². The van der Waals surface area contributed by atoms with Crippen LogP contribution >= 0.6 is 11.6 Å². The van der Waals surface area contributed by atoms with Crippen LogP contribution in [0.2, 0.25) is 5.02 Å². The van der Waals surface area contributed by atoms with Crippen molar-refractivity contribution in [2.75, 3.05) is 5.32 Å². The number of amides is 2. The van der Waals surface area contributed by atoms with Crippen molar-refractivity contribution in [3.05, 3.63) is 81.4 Å². The first-order valence-corrected chi connectivity index (χ1v) is 13.4. The fourth-order valence-electron chi connectivity index (χ4n) is 4.57. The van der Waals surface area contributed by atoms with Gasteiger partial charge in [-0.2, -0.15) is 14.2 Å². The number of aromatic nitrogens is 6. The lowest BCUT2D eigenvalue weighted by Crippen LogP contribution is -2.34. The summed E-state index contributed by atoms with van der Waals surface area (Å²) in [5.41, 5.74) is 9.44. The molecule has 0 unspecified atom stereocenters. The maximum absolute atomic E-state index is 14.6. The highest BCUT2D eigenvalue weighted by atomic mass is 35.5. The van der Waals surface area contributed by atoms with E-state index in [1.165, 1.54) is 27.7 Å². The number of nitrogens with two attached hydrogens (primary N) is 1. The smallest absolute Gasteiger partial charge is 0.413 e. The summed E-state index contributed by atoms with van der Waals surface area (Å²) in [5.74, 6) is -2.25. The molecular formula is C27H26ClFN10O4. The first kappa shape index (κ1) is 29.3. The van der Waals surface area contributed by atoms with Gasteiger partial charge in [0.15, 0.2) is 0 Å². The molecule has 0 radical (unpaired) electrons. The van der Waals surface area contributed by atoms with Gasteiger partial charge in [-0.1, -0.05) is 11.6 Å². The summed E-state index contributed by atoms with van der Waals surface area (Å²) in [6, 6.07) is 10.2. The largest absolute Gasteiger partial charge is 0.444 e. The number of rotatable bonds is 6. The minimum atomic E-state index is -1.14. The number of hydrogen-bond donors (Lipinski definition) is 3. The van der Waals surface area contributed by atoms with Crippen molar-refractivity contribution in [1.82, 2.24) is 35.2 Å². The van der Waals surface area contributed by atoms with Crippen molar-refractivity contribution in [3.8, 4) is 16.8 Å². The van der Waals surface area contributed by atoms with Gasteiger partial charge in [0.25, 0.3) is 11.5 Å². The van der Waals surface area contributed by atoms with Gasteiger partial charge in [-0.25, -0.2) is 15.2 Å². The van der Waals surface area contributed by atoms with Gasteiger partial charge in [-0.15, -0.1) is 5.10 Å². The van der Waals surface area contributed by atoms with Gasteiger partial charge < -0.3 is 15.0 Å². The normalized spacial score (nSPS) is 14.7. The van der Waals surface area contributed by atoms with Crippen LogP contribution in [-0.4, -0.2) is 53.2 Å². The second kappa shape index (κ2) is 11.6. The lowest BCUT2D eigenvalue weighted by molar-refractivity contribution is 0.0635. The quantitative estimate of drug-likeness (QED) is 0.128. The van der Waals surface area contributed by atoms with Crippen LogP contribution in [0.3, 0.4) is 0 Å². The number of nitrogens with zero attached hydrogens (tertiary/aromatic N) is 7. The van der Waals surface area contributed by atoms with Crippen LogP contribution in [0.1, 0.15) is 49.3 Å². The zero-order valence-electron chi connectivity index (χ0n) is 23.2. The van der Waals surface area contributed by atoms with E-state index in [0.29, 0.717) is 40.4 Å². The Balaban J connectivity index is 1.32. The summed E-state index contributed by atoms with van der Waals surface area (Å²) in [7, 11) is 0. The van der Waals surface area contributed by atoms with E-state index in [0.717, 1.165) is 6.07 Å². The number of aryl methyl sites for hydroxylation is 1. The molecule has 0 saturated heterocycles. The molecule has 0 aliphatic carbocycles. The summed E-state index contributed by atoms with van der Waals surface area (Å²) < 4.78 is 22.6. The fraction of sp³-hybridized carbons (Fsp3) is 0.259. The number of hydrogen-bond acceptors (Lipinski definition) is 9. The Kier molecular flexibility index (Phi) is 7.91. The lowest BCUT2D eigenvalue weighted by atomic mass is 10.0. The molecule has 4 N–H and O–H groups in total. The Hall–Kier alpha value is -5.18. The van der Waals surface area contributed by atoms with Crippen LogP contribution in [0.15, 0.2) is 58.7 Å². The number of nitrogens with one attached hydrogen (secondary N) is 2. The first-order chi connectivity index (χ1) is 20.4. The van der Waals surface area contributed by atoms with Crippen molar-refractivity contribution in [3.63, 3.8) is 0 Å². The van der Waals surface area contributed by atoms with Crippen LogP contribution in [0.25, 0.3) is 16.8 Å². The third-order valence-electron chi connectivity index (χ3n) is 6.35. The average Bonchev–Trinajstić information content (AvgIpc) is 3.61. The van der Waals surface area contributed by atoms with Gasteiger partial charge in [-0.3, -0.25) is 14.9 Å². The van der Waals surface area contributed by atoms with Crippen molar-refractivity contribution in [2.45, 2.75) is 45.3 Å². The van der Waals surface area contributed by atoms with Crippen molar-refractivity contribution >= 4 is 35.3 Å². The monoisotopic (exact) mass is 608 g/mol. The summed E-state index contributed by atoms with van der Waals surface area (Å²) in [5, 5.41) is 18.0. The predicted octanol–water partition coefficient (Wildman–Crippen LogP) is 3.22. The molecule has 0 spiro atoms. The molecule has 43 heavy (non-hydrogen) atoms. The van der Waals surface area contributed by atoms with Gasteiger partial charge in [0.1, 0.15) is 23.6 Å². The Morgan fingerprint density at radius 3 is 2.67 bits per heavy atom. The number of pyridine rings is 2. The van der Waals surface area contributed by atoms with E-state index >= 15 is 0 Å². The first-order valence-electron chi connectivity index (χ1n) is 13.0. The number of carbonyl (C=O) groups excluding carboxylic acids is 2. The summed E-state index contributed by atoms with van der Waals surface area (Å²) in [6.07, 6.45) is 1.56. The standard InChI is InChI=1S/C27H26ClFN10O4/c1-27(2,3)43-26(42)33-21-9-6-17(23(29)32-21)25(41)35-34-24(30)20-8-5-16-10-14(11-22(40)39(16)20)18-12-15(28)4-7-19(18)38-13-31-36-37-38/h4,6-7,9-13,20H,5,8H2,1-3H3,(H2,30,34)(H,35,41)(H,32,33,42)/t20-/m0/s1. The number of anilines is 1. The number of ether oxygens (including phenoxy) is 1. The molecule has 3 aromatic heterocycles. The van der Waals surface area contributed by atoms with Gasteiger partial charge in [0, 0.05) is 22.3 Å². The highest BCUT2D eigenvalue weighted by Gasteiger charge is 2.28. The Labute approximate surface area is 248 Å². The topological polar surface area (TPSA) is 184 Å². The zero-order chi connectivity index (χ0) is 30.9. The molecule has 1 aliphatic heterocycles. The van der Waals surface area contributed by atoms with E-state index in [1.807, 2.05) is 6.07 Å². The molecular weight excluding hydrogens is 583 g/mol. The van der Waals surface area contributed by atoms with Crippen LogP contribution < -0.4 is 22.0 Å². The second-order valence-corrected chi connectivity index (χ2v) is 11.0. The minimum Gasteiger partial charge on any atom is -0.444 e. The van der Waals surface area contributed by atoms with E-state index in [1.54, 1.807) is 39.0 Å². The van der Waals surface area contributed by atoms with Gasteiger partial charge in [0.05, 0.1) is 17.3 Å².